The summed E-state index contributed by atoms with van der Waals surface area (Å²) < 4.78 is 13.6. The van der Waals surface area contributed by atoms with Gasteiger partial charge in [-0.2, -0.15) is 0 Å². The van der Waals surface area contributed by atoms with Crippen molar-refractivity contribution < 1.29 is 4.39 Å². The highest BCUT2D eigenvalue weighted by atomic mass is 79.9. The van der Waals surface area contributed by atoms with Gasteiger partial charge in [-0.05, 0) is 47.0 Å². The average molecular weight is 324 g/mol. The lowest BCUT2D eigenvalue weighted by molar-refractivity contribution is 0.627. The van der Waals surface area contributed by atoms with Gasteiger partial charge >= 0.3 is 0 Å². The van der Waals surface area contributed by atoms with Gasteiger partial charge in [-0.25, -0.2) is 9.37 Å². The maximum absolute atomic E-state index is 13.1. The highest BCUT2D eigenvalue weighted by Crippen LogP contribution is 2.27. The van der Waals surface area contributed by atoms with Gasteiger partial charge in [-0.15, -0.1) is 0 Å². The Morgan fingerprint density at radius 1 is 1.37 bits per heavy atom. The summed E-state index contributed by atoms with van der Waals surface area (Å²) in [6, 6.07) is 4.28. The molecule has 1 aliphatic heterocycles. The molecule has 4 nitrogen and oxygen atoms in total. The van der Waals surface area contributed by atoms with E-state index in [0.29, 0.717) is 27.2 Å². The summed E-state index contributed by atoms with van der Waals surface area (Å²) in [6.07, 6.45) is 1.66. The number of nitrogens with one attached hydrogen (secondary N) is 2. The van der Waals surface area contributed by atoms with Crippen molar-refractivity contribution in [2.24, 2.45) is 0 Å². The molecule has 0 unspecified atom stereocenters. The minimum atomic E-state index is -0.339. The molecule has 0 spiro atoms. The highest BCUT2D eigenvalue weighted by Gasteiger charge is 2.16. The summed E-state index contributed by atoms with van der Waals surface area (Å²) in [5.74, 6) is 0.723. The summed E-state index contributed by atoms with van der Waals surface area (Å²) in [7, 11) is 0. The fourth-order valence-corrected chi connectivity index (χ4v) is 2.70. The number of rotatable bonds is 1. The van der Waals surface area contributed by atoms with Gasteiger partial charge in [0.1, 0.15) is 17.5 Å². The molecule has 0 atom stereocenters. The first-order valence-corrected chi connectivity index (χ1v) is 6.77. The van der Waals surface area contributed by atoms with Crippen LogP contribution >= 0.6 is 15.9 Å². The molecule has 1 aliphatic rings. The molecule has 0 bridgehead atoms. The fourth-order valence-electron chi connectivity index (χ4n) is 2.16. The van der Waals surface area contributed by atoms with Crippen LogP contribution in [0.1, 0.15) is 12.0 Å². The summed E-state index contributed by atoms with van der Waals surface area (Å²) >= 11 is 3.28. The predicted octanol–water partition coefficient (Wildman–Crippen LogP) is 2.70. The van der Waals surface area contributed by atoms with E-state index in [9.17, 15) is 9.18 Å². The minimum absolute atomic E-state index is 0.136. The Bertz CT molecular complexity index is 699. The summed E-state index contributed by atoms with van der Waals surface area (Å²) in [6.45, 7) is 0.813. The van der Waals surface area contributed by atoms with Crippen molar-refractivity contribution in [1.82, 2.24) is 9.97 Å². The molecule has 0 radical (unpaired) electrons. The first kappa shape index (κ1) is 12.3. The SMILES string of the molecule is O=c1[nH]c(-c2ccc(F)cc2Br)nc2c1CCCN2. The van der Waals surface area contributed by atoms with Gasteiger partial charge in [-0.1, -0.05) is 0 Å². The van der Waals surface area contributed by atoms with Crippen molar-refractivity contribution in [1.29, 1.82) is 0 Å². The number of hydrogen-bond donors (Lipinski definition) is 2. The molecule has 2 heterocycles. The van der Waals surface area contributed by atoms with Gasteiger partial charge in [0, 0.05) is 16.6 Å². The molecule has 3 rings (SSSR count). The molecule has 19 heavy (non-hydrogen) atoms. The second-order valence-electron chi connectivity index (χ2n) is 4.40. The zero-order chi connectivity index (χ0) is 13.4. The van der Waals surface area contributed by atoms with Crippen molar-refractivity contribution >= 4 is 21.7 Å². The third-order valence-corrected chi connectivity index (χ3v) is 3.75. The molecule has 0 amide bonds. The van der Waals surface area contributed by atoms with Crippen LogP contribution in [-0.2, 0) is 6.42 Å². The molecule has 0 aliphatic carbocycles. The maximum Gasteiger partial charge on any atom is 0.256 e. The van der Waals surface area contributed by atoms with Crippen molar-refractivity contribution in [3.63, 3.8) is 0 Å². The number of benzene rings is 1. The van der Waals surface area contributed by atoms with E-state index in [0.717, 1.165) is 19.4 Å². The van der Waals surface area contributed by atoms with Crippen LogP contribution in [0.25, 0.3) is 11.4 Å². The Hall–Kier alpha value is -1.69. The molecule has 98 valence electrons. The predicted molar refractivity (Wildman–Crippen MR) is 74.8 cm³/mol. The van der Waals surface area contributed by atoms with Gasteiger partial charge in [0.15, 0.2) is 0 Å². The minimum Gasteiger partial charge on any atom is -0.370 e. The Kier molecular flexibility index (Phi) is 3.10. The first-order chi connectivity index (χ1) is 9.15. The molecule has 6 heteroatoms. The number of halogens is 2. The van der Waals surface area contributed by atoms with E-state index in [1.807, 2.05) is 0 Å². The monoisotopic (exact) mass is 323 g/mol. The number of hydrogen-bond acceptors (Lipinski definition) is 3. The molecule has 0 saturated carbocycles. The lowest BCUT2D eigenvalue weighted by atomic mass is 10.1. The first-order valence-electron chi connectivity index (χ1n) is 5.97. The van der Waals surface area contributed by atoms with Gasteiger partial charge in [0.25, 0.3) is 5.56 Å². The van der Waals surface area contributed by atoms with E-state index in [1.54, 1.807) is 6.07 Å². The van der Waals surface area contributed by atoms with E-state index in [1.165, 1.54) is 12.1 Å². The van der Waals surface area contributed by atoms with E-state index in [4.69, 9.17) is 0 Å². The molecule has 1 aromatic carbocycles. The second kappa shape index (κ2) is 4.77. The van der Waals surface area contributed by atoms with Gasteiger partial charge in [0.05, 0.1) is 5.56 Å². The van der Waals surface area contributed by atoms with Crippen LogP contribution in [0.2, 0.25) is 0 Å². The van der Waals surface area contributed by atoms with Gasteiger partial charge in [-0.3, -0.25) is 4.79 Å². The van der Waals surface area contributed by atoms with Crippen LogP contribution in [0.3, 0.4) is 0 Å². The largest absolute Gasteiger partial charge is 0.370 e. The number of aromatic nitrogens is 2. The van der Waals surface area contributed by atoms with Crippen LogP contribution in [0.15, 0.2) is 27.5 Å². The maximum atomic E-state index is 13.1. The Morgan fingerprint density at radius 2 is 2.21 bits per heavy atom. The van der Waals surface area contributed by atoms with Crippen LogP contribution in [0.4, 0.5) is 10.2 Å². The summed E-state index contributed by atoms with van der Waals surface area (Å²) in [5.41, 5.74) is 1.21. The van der Waals surface area contributed by atoms with Crippen molar-refractivity contribution in [2.75, 3.05) is 11.9 Å². The topological polar surface area (TPSA) is 57.8 Å². The lowest BCUT2D eigenvalue weighted by Crippen LogP contribution is -2.24. The number of H-pyrrole nitrogens is 1. The quantitative estimate of drug-likeness (QED) is 0.848. The normalized spacial score (nSPS) is 13.8. The number of aromatic amines is 1. The molecule has 0 saturated heterocycles. The van der Waals surface area contributed by atoms with Crippen molar-refractivity contribution in [3.8, 4) is 11.4 Å². The van der Waals surface area contributed by atoms with Gasteiger partial charge < -0.3 is 10.3 Å². The van der Waals surface area contributed by atoms with Crippen LogP contribution in [-0.4, -0.2) is 16.5 Å². The molecular weight excluding hydrogens is 313 g/mol. The Labute approximate surface area is 117 Å². The van der Waals surface area contributed by atoms with Crippen LogP contribution in [0, 0.1) is 5.82 Å². The number of fused-ring (bicyclic) bond motifs is 1. The summed E-state index contributed by atoms with van der Waals surface area (Å²) in [4.78, 5) is 19.2. The third-order valence-electron chi connectivity index (χ3n) is 3.10. The van der Waals surface area contributed by atoms with Gasteiger partial charge in [0.2, 0.25) is 0 Å². The third kappa shape index (κ3) is 2.28. The van der Waals surface area contributed by atoms with Crippen molar-refractivity contribution in [3.05, 3.63) is 44.4 Å². The average Bonchev–Trinajstić information content (AvgIpc) is 2.38. The zero-order valence-corrected chi connectivity index (χ0v) is 11.6. The van der Waals surface area contributed by atoms with Crippen LogP contribution in [0.5, 0.6) is 0 Å². The number of anilines is 1. The summed E-state index contributed by atoms with van der Waals surface area (Å²) in [5, 5.41) is 3.12. The molecular formula is C13H11BrFN3O. The van der Waals surface area contributed by atoms with Crippen LogP contribution < -0.4 is 10.9 Å². The smallest absolute Gasteiger partial charge is 0.256 e. The number of nitrogens with zero attached hydrogens (tertiary/aromatic N) is 1. The fraction of sp³-hybridized carbons (Fsp3) is 0.231. The van der Waals surface area contributed by atoms with E-state index in [-0.39, 0.29) is 11.4 Å². The molecule has 1 aromatic heterocycles. The Morgan fingerprint density at radius 3 is 3.00 bits per heavy atom. The van der Waals surface area contributed by atoms with Crippen molar-refractivity contribution in [2.45, 2.75) is 12.8 Å². The molecule has 2 aromatic rings. The van der Waals surface area contributed by atoms with E-state index >= 15 is 0 Å². The Balaban J connectivity index is 2.15. The molecule has 0 fully saturated rings. The van der Waals surface area contributed by atoms with E-state index < -0.39 is 0 Å². The highest BCUT2D eigenvalue weighted by molar-refractivity contribution is 9.10. The standard InChI is InChI=1S/C13H11BrFN3O/c14-10-6-7(15)3-4-8(10)12-17-11-9(13(19)18-12)2-1-5-16-11/h3-4,6H,1-2,5H2,(H2,16,17,18,19). The molecule has 2 N–H and O–H groups in total. The van der Waals surface area contributed by atoms with E-state index in [2.05, 4.69) is 31.2 Å². The zero-order valence-electron chi connectivity index (χ0n) is 9.96. The lowest BCUT2D eigenvalue weighted by Gasteiger charge is -2.16. The second-order valence-corrected chi connectivity index (χ2v) is 5.25.